The quantitative estimate of drug-likeness (QED) is 0.869. The number of carbonyl (C=O) groups excluding carboxylic acids is 1. The maximum absolute atomic E-state index is 11.7. The molecule has 116 valence electrons. The van der Waals surface area contributed by atoms with Gasteiger partial charge in [-0.3, -0.25) is 9.78 Å². The Morgan fingerprint density at radius 2 is 2.17 bits per heavy atom. The van der Waals surface area contributed by atoms with Gasteiger partial charge in [-0.15, -0.1) is 0 Å². The molecule has 0 spiro atoms. The van der Waals surface area contributed by atoms with Crippen LogP contribution < -0.4 is 19.5 Å². The maximum atomic E-state index is 11.7. The first-order chi connectivity index (χ1) is 11.3. The van der Waals surface area contributed by atoms with Gasteiger partial charge in [0, 0.05) is 18.5 Å². The van der Waals surface area contributed by atoms with Crippen molar-refractivity contribution in [2.45, 2.75) is 0 Å². The summed E-state index contributed by atoms with van der Waals surface area (Å²) in [5, 5.41) is 2.69. The molecule has 0 saturated carbocycles. The SMILES string of the molecule is O=C(NCC#CCOc1ccc2c(c1)OCO2)c1cccnc1. The van der Waals surface area contributed by atoms with Gasteiger partial charge in [-0.1, -0.05) is 11.8 Å². The number of amides is 1. The lowest BCUT2D eigenvalue weighted by molar-refractivity contribution is 0.0958. The van der Waals surface area contributed by atoms with Gasteiger partial charge in [-0.05, 0) is 24.3 Å². The summed E-state index contributed by atoms with van der Waals surface area (Å²) in [6.45, 7) is 0.704. The predicted octanol–water partition coefficient (Wildman–Crippen LogP) is 1.62. The van der Waals surface area contributed by atoms with E-state index in [1.165, 1.54) is 6.20 Å². The Bertz CT molecular complexity index is 750. The molecule has 23 heavy (non-hydrogen) atoms. The third-order valence-electron chi connectivity index (χ3n) is 3.04. The van der Waals surface area contributed by atoms with Gasteiger partial charge in [0.15, 0.2) is 11.5 Å². The van der Waals surface area contributed by atoms with Crippen LogP contribution in [0.15, 0.2) is 42.7 Å². The Morgan fingerprint density at radius 1 is 1.26 bits per heavy atom. The van der Waals surface area contributed by atoms with E-state index in [0.717, 1.165) is 0 Å². The first-order valence-corrected chi connectivity index (χ1v) is 6.99. The molecule has 1 aliphatic rings. The van der Waals surface area contributed by atoms with Crippen LogP contribution in [-0.4, -0.2) is 30.8 Å². The zero-order chi connectivity index (χ0) is 15.9. The number of hydrogen-bond donors (Lipinski definition) is 1. The van der Waals surface area contributed by atoms with Crippen molar-refractivity contribution in [2.75, 3.05) is 19.9 Å². The molecular formula is C17H14N2O4. The van der Waals surface area contributed by atoms with Crippen molar-refractivity contribution in [1.82, 2.24) is 10.3 Å². The van der Waals surface area contributed by atoms with Crippen LogP contribution in [0.2, 0.25) is 0 Å². The molecule has 6 heteroatoms. The molecule has 1 aromatic heterocycles. The van der Waals surface area contributed by atoms with E-state index in [1.807, 2.05) is 0 Å². The van der Waals surface area contributed by atoms with Gasteiger partial charge >= 0.3 is 0 Å². The van der Waals surface area contributed by atoms with Crippen LogP contribution >= 0.6 is 0 Å². The number of nitrogens with one attached hydrogen (secondary N) is 1. The number of hydrogen-bond acceptors (Lipinski definition) is 5. The molecule has 1 aromatic carbocycles. The van der Waals surface area contributed by atoms with Crippen molar-refractivity contribution in [3.05, 3.63) is 48.3 Å². The Morgan fingerprint density at radius 3 is 3.04 bits per heavy atom. The van der Waals surface area contributed by atoms with Crippen molar-refractivity contribution >= 4 is 5.91 Å². The number of aromatic nitrogens is 1. The molecule has 0 radical (unpaired) electrons. The number of carbonyl (C=O) groups is 1. The van der Waals surface area contributed by atoms with Crippen molar-refractivity contribution < 1.29 is 19.0 Å². The Balaban J connectivity index is 1.41. The largest absolute Gasteiger partial charge is 0.481 e. The normalized spacial score (nSPS) is 11.3. The maximum Gasteiger partial charge on any atom is 0.253 e. The van der Waals surface area contributed by atoms with Crippen molar-refractivity contribution in [3.8, 4) is 29.1 Å². The highest BCUT2D eigenvalue weighted by molar-refractivity contribution is 5.93. The minimum Gasteiger partial charge on any atom is -0.481 e. The molecule has 2 heterocycles. The average molecular weight is 310 g/mol. The molecule has 1 amide bonds. The van der Waals surface area contributed by atoms with E-state index in [9.17, 15) is 4.79 Å². The van der Waals surface area contributed by atoms with E-state index in [1.54, 1.807) is 36.5 Å². The van der Waals surface area contributed by atoms with Crippen LogP contribution in [0.5, 0.6) is 17.2 Å². The summed E-state index contributed by atoms with van der Waals surface area (Å²) in [5.74, 6) is 7.49. The summed E-state index contributed by atoms with van der Waals surface area (Å²) in [7, 11) is 0. The highest BCUT2D eigenvalue weighted by atomic mass is 16.7. The van der Waals surface area contributed by atoms with E-state index < -0.39 is 0 Å². The van der Waals surface area contributed by atoms with Gasteiger partial charge in [0.25, 0.3) is 5.91 Å². The monoisotopic (exact) mass is 310 g/mol. The first kappa shape index (κ1) is 14.7. The molecule has 0 atom stereocenters. The Labute approximate surface area is 133 Å². The van der Waals surface area contributed by atoms with E-state index in [2.05, 4.69) is 22.1 Å². The third-order valence-corrected chi connectivity index (χ3v) is 3.04. The summed E-state index contributed by atoms with van der Waals surface area (Å²) in [6.07, 6.45) is 3.12. The van der Waals surface area contributed by atoms with Gasteiger partial charge in [0.2, 0.25) is 6.79 Å². The second-order valence-corrected chi connectivity index (χ2v) is 4.58. The van der Waals surface area contributed by atoms with Crippen LogP contribution in [0.4, 0.5) is 0 Å². The number of ether oxygens (including phenoxy) is 3. The minimum atomic E-state index is -0.205. The summed E-state index contributed by atoms with van der Waals surface area (Å²) in [4.78, 5) is 15.6. The lowest BCUT2D eigenvalue weighted by Gasteiger charge is -2.03. The second kappa shape index (κ2) is 7.18. The van der Waals surface area contributed by atoms with Crippen LogP contribution in [0.25, 0.3) is 0 Å². The van der Waals surface area contributed by atoms with E-state index >= 15 is 0 Å². The fraction of sp³-hybridized carbons (Fsp3) is 0.176. The highest BCUT2D eigenvalue weighted by Crippen LogP contribution is 2.34. The molecule has 0 bridgehead atoms. The van der Waals surface area contributed by atoms with E-state index in [0.29, 0.717) is 22.8 Å². The van der Waals surface area contributed by atoms with Crippen LogP contribution in [-0.2, 0) is 0 Å². The number of fused-ring (bicyclic) bond motifs is 1. The second-order valence-electron chi connectivity index (χ2n) is 4.58. The standard InChI is InChI=1S/C17H14N2O4/c20-17(13-4-3-7-18-11-13)19-8-1-2-9-21-14-5-6-15-16(10-14)23-12-22-15/h3-7,10-11H,8-9,12H2,(H,19,20). The topological polar surface area (TPSA) is 69.7 Å². The van der Waals surface area contributed by atoms with Gasteiger partial charge in [0.1, 0.15) is 12.4 Å². The van der Waals surface area contributed by atoms with Crippen LogP contribution in [0.1, 0.15) is 10.4 Å². The number of nitrogens with zero attached hydrogens (tertiary/aromatic N) is 1. The van der Waals surface area contributed by atoms with Gasteiger partial charge in [-0.25, -0.2) is 0 Å². The number of benzene rings is 1. The number of rotatable bonds is 4. The van der Waals surface area contributed by atoms with Crippen molar-refractivity contribution in [3.63, 3.8) is 0 Å². The fourth-order valence-electron chi connectivity index (χ4n) is 1.92. The molecule has 6 nitrogen and oxygen atoms in total. The zero-order valence-electron chi connectivity index (χ0n) is 12.2. The number of pyridine rings is 1. The van der Waals surface area contributed by atoms with Crippen LogP contribution in [0.3, 0.4) is 0 Å². The Hall–Kier alpha value is -3.20. The molecule has 1 N–H and O–H groups in total. The highest BCUT2D eigenvalue weighted by Gasteiger charge is 2.13. The van der Waals surface area contributed by atoms with Gasteiger partial charge in [-0.2, -0.15) is 0 Å². The molecule has 0 aliphatic carbocycles. The zero-order valence-corrected chi connectivity index (χ0v) is 12.2. The third kappa shape index (κ3) is 3.92. The summed E-state index contributed by atoms with van der Waals surface area (Å²) < 4.78 is 16.0. The smallest absolute Gasteiger partial charge is 0.253 e. The molecule has 0 fully saturated rings. The fourth-order valence-corrected chi connectivity index (χ4v) is 1.92. The van der Waals surface area contributed by atoms with Crippen molar-refractivity contribution in [1.29, 1.82) is 0 Å². The summed E-state index contributed by atoms with van der Waals surface area (Å²) in [6, 6.07) is 8.74. The van der Waals surface area contributed by atoms with E-state index in [-0.39, 0.29) is 25.9 Å². The average Bonchev–Trinajstić information content (AvgIpc) is 3.06. The molecule has 0 unspecified atom stereocenters. The summed E-state index contributed by atoms with van der Waals surface area (Å²) in [5.41, 5.74) is 0.505. The minimum absolute atomic E-state index is 0.205. The summed E-state index contributed by atoms with van der Waals surface area (Å²) >= 11 is 0. The molecule has 1 aliphatic heterocycles. The van der Waals surface area contributed by atoms with Crippen molar-refractivity contribution in [2.24, 2.45) is 0 Å². The van der Waals surface area contributed by atoms with Gasteiger partial charge in [0.05, 0.1) is 12.1 Å². The van der Waals surface area contributed by atoms with Gasteiger partial charge < -0.3 is 19.5 Å². The molecule has 3 rings (SSSR count). The lowest BCUT2D eigenvalue weighted by Crippen LogP contribution is -2.23. The molecular weight excluding hydrogens is 296 g/mol. The molecule has 2 aromatic rings. The lowest BCUT2D eigenvalue weighted by atomic mass is 10.3. The predicted molar refractivity (Wildman–Crippen MR) is 82.4 cm³/mol. The first-order valence-electron chi connectivity index (χ1n) is 6.99. The molecule has 0 saturated heterocycles. The Kier molecular flexibility index (Phi) is 4.60. The van der Waals surface area contributed by atoms with E-state index in [4.69, 9.17) is 14.2 Å². The van der Waals surface area contributed by atoms with Crippen LogP contribution in [0, 0.1) is 11.8 Å².